The monoisotopic (exact) mass is 225 g/mol. The zero-order valence-electron chi connectivity index (χ0n) is 11.6. The number of hydrogen-bond acceptors (Lipinski definition) is 1. The molecule has 1 N–H and O–H groups in total. The van der Waals surface area contributed by atoms with Gasteiger partial charge in [0.1, 0.15) is 0 Å². The molecule has 0 amide bonds. The Morgan fingerprint density at radius 1 is 1.06 bits per heavy atom. The average Bonchev–Trinajstić information content (AvgIpc) is 2.28. The van der Waals surface area contributed by atoms with Crippen molar-refractivity contribution in [3.63, 3.8) is 0 Å². The molecule has 1 unspecified atom stereocenters. The Morgan fingerprint density at radius 3 is 2.12 bits per heavy atom. The van der Waals surface area contributed by atoms with E-state index < -0.39 is 0 Å². The maximum atomic E-state index is 3.95. The lowest BCUT2D eigenvalue weighted by atomic mass is 9.84. The molecule has 1 nitrogen and oxygen atoms in total. The van der Waals surface area contributed by atoms with E-state index in [-0.39, 0.29) is 5.41 Å². The van der Waals surface area contributed by atoms with Crippen LogP contribution in [-0.2, 0) is 0 Å². The molecule has 0 aromatic carbocycles. The van der Waals surface area contributed by atoms with Gasteiger partial charge in [0.15, 0.2) is 0 Å². The van der Waals surface area contributed by atoms with E-state index in [2.05, 4.69) is 31.8 Å². The van der Waals surface area contributed by atoms with E-state index in [1.807, 2.05) is 7.05 Å². The Balaban J connectivity index is 3.44. The van der Waals surface area contributed by atoms with E-state index in [0.29, 0.717) is 0 Å². The van der Waals surface area contributed by atoms with Crippen LogP contribution in [0.25, 0.3) is 0 Å². The van der Waals surface area contributed by atoms with E-state index in [1.165, 1.54) is 51.4 Å². The molecule has 0 saturated heterocycles. The lowest BCUT2D eigenvalue weighted by Crippen LogP contribution is -2.27. The number of hydrogen-bond donors (Lipinski definition) is 1. The van der Waals surface area contributed by atoms with Crippen molar-refractivity contribution in [2.45, 2.75) is 65.2 Å². The van der Waals surface area contributed by atoms with Crippen LogP contribution in [0.5, 0.6) is 0 Å². The van der Waals surface area contributed by atoms with Gasteiger partial charge in [0.25, 0.3) is 0 Å². The van der Waals surface area contributed by atoms with E-state index in [9.17, 15) is 0 Å². The first-order valence-electron chi connectivity index (χ1n) is 6.96. The lowest BCUT2D eigenvalue weighted by molar-refractivity contribution is 0.358. The summed E-state index contributed by atoms with van der Waals surface area (Å²) in [4.78, 5) is 0. The van der Waals surface area contributed by atoms with Crippen molar-refractivity contribution in [3.05, 3.63) is 12.7 Å². The van der Waals surface area contributed by atoms with Crippen molar-refractivity contribution in [1.82, 2.24) is 5.32 Å². The standard InChI is InChI=1S/C15H31N/c1-5-7-8-9-10-11-12-13-15(3,6-2)14-16-4/h6,16H,2,5,7-14H2,1,3-4H3. The molecule has 0 aromatic heterocycles. The van der Waals surface area contributed by atoms with Gasteiger partial charge >= 0.3 is 0 Å². The molecule has 0 aliphatic heterocycles. The Labute approximate surface area is 103 Å². The zero-order chi connectivity index (χ0) is 12.3. The van der Waals surface area contributed by atoms with Crippen molar-refractivity contribution in [2.75, 3.05) is 13.6 Å². The van der Waals surface area contributed by atoms with Crippen LogP contribution < -0.4 is 5.32 Å². The predicted octanol–water partition coefficient (Wildman–Crippen LogP) is 4.54. The van der Waals surface area contributed by atoms with Crippen LogP contribution in [0.15, 0.2) is 12.7 Å². The molecule has 0 radical (unpaired) electrons. The summed E-state index contributed by atoms with van der Waals surface area (Å²) in [6.45, 7) is 9.57. The Kier molecular flexibility index (Phi) is 9.71. The summed E-state index contributed by atoms with van der Waals surface area (Å²) >= 11 is 0. The summed E-state index contributed by atoms with van der Waals surface area (Å²) in [6.07, 6.45) is 13.1. The van der Waals surface area contributed by atoms with Gasteiger partial charge in [0, 0.05) is 6.54 Å². The first-order chi connectivity index (χ1) is 7.68. The molecule has 0 saturated carbocycles. The van der Waals surface area contributed by atoms with E-state index >= 15 is 0 Å². The van der Waals surface area contributed by atoms with E-state index in [1.54, 1.807) is 0 Å². The molecule has 0 aliphatic carbocycles. The normalized spacial score (nSPS) is 14.7. The lowest BCUT2D eigenvalue weighted by Gasteiger charge is -2.25. The maximum absolute atomic E-state index is 3.95. The second-order valence-corrected chi connectivity index (χ2v) is 5.26. The minimum Gasteiger partial charge on any atom is -0.319 e. The average molecular weight is 225 g/mol. The molecular formula is C15H31N. The molecule has 0 bridgehead atoms. The highest BCUT2D eigenvalue weighted by atomic mass is 14.8. The maximum Gasteiger partial charge on any atom is 0.00367 e. The molecule has 0 aliphatic rings. The predicted molar refractivity (Wildman–Crippen MR) is 74.8 cm³/mol. The molecule has 0 spiro atoms. The molecule has 96 valence electrons. The third kappa shape index (κ3) is 7.92. The largest absolute Gasteiger partial charge is 0.319 e. The fourth-order valence-corrected chi connectivity index (χ4v) is 2.15. The summed E-state index contributed by atoms with van der Waals surface area (Å²) in [5.74, 6) is 0. The summed E-state index contributed by atoms with van der Waals surface area (Å²) in [5.41, 5.74) is 0.290. The second-order valence-electron chi connectivity index (χ2n) is 5.26. The number of nitrogens with one attached hydrogen (secondary N) is 1. The van der Waals surface area contributed by atoms with E-state index in [0.717, 1.165) is 6.54 Å². The Bertz CT molecular complexity index is 165. The van der Waals surface area contributed by atoms with Gasteiger partial charge in [-0.2, -0.15) is 0 Å². The fraction of sp³-hybridized carbons (Fsp3) is 0.867. The second kappa shape index (κ2) is 9.89. The Hall–Kier alpha value is -0.300. The van der Waals surface area contributed by atoms with E-state index in [4.69, 9.17) is 0 Å². The fourth-order valence-electron chi connectivity index (χ4n) is 2.15. The van der Waals surface area contributed by atoms with Crippen molar-refractivity contribution < 1.29 is 0 Å². The van der Waals surface area contributed by atoms with Gasteiger partial charge in [0.05, 0.1) is 0 Å². The van der Waals surface area contributed by atoms with Gasteiger partial charge in [-0.05, 0) is 18.9 Å². The SMILES string of the molecule is C=CC(C)(CCCCCCCCC)CNC. The smallest absolute Gasteiger partial charge is 0.00367 e. The highest BCUT2D eigenvalue weighted by Gasteiger charge is 2.17. The van der Waals surface area contributed by atoms with Crippen molar-refractivity contribution >= 4 is 0 Å². The molecule has 16 heavy (non-hydrogen) atoms. The third-order valence-electron chi connectivity index (χ3n) is 3.42. The van der Waals surface area contributed by atoms with Gasteiger partial charge in [-0.1, -0.05) is 64.9 Å². The highest BCUT2D eigenvalue weighted by molar-refractivity contribution is 4.92. The molecule has 1 atom stereocenters. The van der Waals surface area contributed by atoms with Crippen LogP contribution >= 0.6 is 0 Å². The quantitative estimate of drug-likeness (QED) is 0.402. The Morgan fingerprint density at radius 2 is 1.62 bits per heavy atom. The van der Waals surface area contributed by atoms with Crippen molar-refractivity contribution in [3.8, 4) is 0 Å². The highest BCUT2D eigenvalue weighted by Crippen LogP contribution is 2.25. The molecule has 0 rings (SSSR count). The minimum absolute atomic E-state index is 0.290. The molecule has 0 aromatic rings. The van der Waals surface area contributed by atoms with Crippen LogP contribution in [-0.4, -0.2) is 13.6 Å². The summed E-state index contributed by atoms with van der Waals surface area (Å²) < 4.78 is 0. The topological polar surface area (TPSA) is 12.0 Å². The summed E-state index contributed by atoms with van der Waals surface area (Å²) in [6, 6.07) is 0. The third-order valence-corrected chi connectivity index (χ3v) is 3.42. The summed E-state index contributed by atoms with van der Waals surface area (Å²) in [7, 11) is 2.02. The first-order valence-corrected chi connectivity index (χ1v) is 6.96. The summed E-state index contributed by atoms with van der Waals surface area (Å²) in [5, 5.41) is 3.26. The van der Waals surface area contributed by atoms with Gasteiger partial charge in [-0.15, -0.1) is 6.58 Å². The minimum atomic E-state index is 0.290. The van der Waals surface area contributed by atoms with Gasteiger partial charge < -0.3 is 5.32 Å². The molecule has 0 heterocycles. The number of unbranched alkanes of at least 4 members (excludes halogenated alkanes) is 6. The number of rotatable bonds is 11. The van der Waals surface area contributed by atoms with Crippen LogP contribution in [0.2, 0.25) is 0 Å². The van der Waals surface area contributed by atoms with Gasteiger partial charge in [-0.3, -0.25) is 0 Å². The van der Waals surface area contributed by atoms with Crippen molar-refractivity contribution in [1.29, 1.82) is 0 Å². The van der Waals surface area contributed by atoms with Crippen molar-refractivity contribution in [2.24, 2.45) is 5.41 Å². The first kappa shape index (κ1) is 15.7. The van der Waals surface area contributed by atoms with Crippen LogP contribution in [0.1, 0.15) is 65.2 Å². The van der Waals surface area contributed by atoms with Gasteiger partial charge in [0.2, 0.25) is 0 Å². The van der Waals surface area contributed by atoms with Gasteiger partial charge in [-0.25, -0.2) is 0 Å². The molecule has 0 fully saturated rings. The zero-order valence-corrected chi connectivity index (χ0v) is 11.6. The molecule has 1 heteroatoms. The van der Waals surface area contributed by atoms with Crippen LogP contribution in [0.4, 0.5) is 0 Å². The van der Waals surface area contributed by atoms with Crippen LogP contribution in [0.3, 0.4) is 0 Å². The molecular weight excluding hydrogens is 194 g/mol. The van der Waals surface area contributed by atoms with Crippen LogP contribution in [0, 0.1) is 5.41 Å².